The van der Waals surface area contributed by atoms with E-state index in [0.29, 0.717) is 17.9 Å². The summed E-state index contributed by atoms with van der Waals surface area (Å²) in [6, 6.07) is 6.74. The third-order valence-electron chi connectivity index (χ3n) is 2.75. The van der Waals surface area contributed by atoms with Crippen molar-refractivity contribution in [2.75, 3.05) is 0 Å². The van der Waals surface area contributed by atoms with Crippen molar-refractivity contribution in [2.24, 2.45) is 7.05 Å². The molecule has 1 heterocycles. The van der Waals surface area contributed by atoms with Crippen molar-refractivity contribution < 1.29 is 9.13 Å². The lowest BCUT2D eigenvalue weighted by molar-refractivity contribution is 0.299. The van der Waals surface area contributed by atoms with E-state index in [4.69, 9.17) is 4.74 Å². The molecule has 0 aliphatic rings. The molecule has 0 N–H and O–H groups in total. The summed E-state index contributed by atoms with van der Waals surface area (Å²) in [6.45, 7) is 8.31. The van der Waals surface area contributed by atoms with Gasteiger partial charge in [0.15, 0.2) is 0 Å². The fraction of sp³-hybridized carbons (Fsp3) is 0.438. The molecule has 0 aliphatic heterocycles. The predicted octanol–water partition coefficient (Wildman–Crippen LogP) is 4.29. The van der Waals surface area contributed by atoms with Crippen molar-refractivity contribution in [1.29, 1.82) is 0 Å². The van der Waals surface area contributed by atoms with Crippen LogP contribution in [0.25, 0.3) is 0 Å². The highest BCUT2D eigenvalue weighted by Crippen LogP contribution is 2.24. The molecule has 4 heteroatoms. The Morgan fingerprint density at radius 3 is 2.50 bits per heavy atom. The first-order valence-electron chi connectivity index (χ1n) is 6.97. The number of rotatable bonds is 4. The van der Waals surface area contributed by atoms with E-state index in [2.05, 4.69) is 5.10 Å². The molecule has 0 radical (unpaired) electrons. The summed E-state index contributed by atoms with van der Waals surface area (Å²) in [4.78, 5) is 0. The van der Waals surface area contributed by atoms with E-state index in [1.807, 2.05) is 47.0 Å². The zero-order valence-corrected chi connectivity index (χ0v) is 12.9. The molecule has 20 heavy (non-hydrogen) atoms. The van der Waals surface area contributed by atoms with Gasteiger partial charge in [-0.2, -0.15) is 5.10 Å². The number of aromatic nitrogens is 2. The lowest BCUT2D eigenvalue weighted by Crippen LogP contribution is -2.00. The third kappa shape index (κ3) is 4.37. The summed E-state index contributed by atoms with van der Waals surface area (Å²) >= 11 is 0. The van der Waals surface area contributed by atoms with Gasteiger partial charge in [-0.3, -0.25) is 4.68 Å². The van der Waals surface area contributed by atoms with Crippen LogP contribution in [-0.4, -0.2) is 9.78 Å². The lowest BCUT2D eigenvalue weighted by Gasteiger charge is -2.10. The van der Waals surface area contributed by atoms with Crippen LogP contribution < -0.4 is 4.74 Å². The second-order valence-corrected chi connectivity index (χ2v) is 4.61. The highest BCUT2D eigenvalue weighted by atomic mass is 19.1. The van der Waals surface area contributed by atoms with Gasteiger partial charge in [0.25, 0.3) is 0 Å². The Morgan fingerprint density at radius 1 is 1.25 bits per heavy atom. The van der Waals surface area contributed by atoms with Crippen molar-refractivity contribution in [3.8, 4) is 5.75 Å². The summed E-state index contributed by atoms with van der Waals surface area (Å²) in [5.74, 6) is 0.629. The van der Waals surface area contributed by atoms with E-state index in [1.54, 1.807) is 16.8 Å². The molecule has 0 aliphatic carbocycles. The van der Waals surface area contributed by atoms with Crippen LogP contribution in [0.3, 0.4) is 0 Å². The van der Waals surface area contributed by atoms with Gasteiger partial charge in [0.05, 0.1) is 5.69 Å². The first-order chi connectivity index (χ1) is 9.56. The molecule has 0 saturated carbocycles. The highest BCUT2D eigenvalue weighted by Gasteiger charge is 2.08. The first kappa shape index (κ1) is 16.2. The molecule has 1 aromatic heterocycles. The van der Waals surface area contributed by atoms with Crippen LogP contribution in [0.2, 0.25) is 0 Å². The Bertz CT molecular complexity index is 535. The van der Waals surface area contributed by atoms with Crippen LogP contribution in [0.5, 0.6) is 5.75 Å². The second-order valence-electron chi connectivity index (χ2n) is 4.61. The Morgan fingerprint density at radius 2 is 1.95 bits per heavy atom. The van der Waals surface area contributed by atoms with Gasteiger partial charge in [0, 0.05) is 13.2 Å². The normalized spacial score (nSPS) is 10.2. The Balaban J connectivity index is 0.000000956. The standard InChI is InChI=1S/C14H17FN2O.C2H6/c1-10(2)13-8-12(4-5-14(13)15)18-9-11-6-7-17(3)16-11;1-2/h4-8,10H,9H2,1-3H3;1-2H3. The van der Waals surface area contributed by atoms with Gasteiger partial charge in [0.2, 0.25) is 0 Å². The van der Waals surface area contributed by atoms with Gasteiger partial charge in [-0.25, -0.2) is 4.39 Å². The van der Waals surface area contributed by atoms with E-state index in [1.165, 1.54) is 6.07 Å². The number of aryl methyl sites for hydroxylation is 1. The second kappa shape index (κ2) is 7.68. The van der Waals surface area contributed by atoms with E-state index in [0.717, 1.165) is 5.69 Å². The Hall–Kier alpha value is -1.84. The molecule has 0 saturated heterocycles. The van der Waals surface area contributed by atoms with Crippen molar-refractivity contribution in [3.63, 3.8) is 0 Å². The van der Waals surface area contributed by atoms with Gasteiger partial charge in [-0.15, -0.1) is 0 Å². The minimum absolute atomic E-state index is 0.142. The zero-order valence-electron chi connectivity index (χ0n) is 12.9. The minimum atomic E-state index is -0.185. The average Bonchev–Trinajstić information content (AvgIpc) is 2.85. The molecular formula is C16H23FN2O. The molecule has 0 amide bonds. The van der Waals surface area contributed by atoms with Crippen LogP contribution >= 0.6 is 0 Å². The van der Waals surface area contributed by atoms with Crippen molar-refractivity contribution in [3.05, 3.63) is 47.5 Å². The summed E-state index contributed by atoms with van der Waals surface area (Å²) in [5.41, 5.74) is 1.53. The fourth-order valence-electron chi connectivity index (χ4n) is 1.75. The maximum Gasteiger partial charge on any atom is 0.132 e. The largest absolute Gasteiger partial charge is 0.487 e. The summed E-state index contributed by atoms with van der Waals surface area (Å²) in [6.07, 6.45) is 1.86. The average molecular weight is 278 g/mol. The third-order valence-corrected chi connectivity index (χ3v) is 2.75. The van der Waals surface area contributed by atoms with Crippen LogP contribution in [0.1, 0.15) is 44.9 Å². The quantitative estimate of drug-likeness (QED) is 0.834. The molecule has 0 spiro atoms. The van der Waals surface area contributed by atoms with Crippen LogP contribution in [0.15, 0.2) is 30.5 Å². The summed E-state index contributed by atoms with van der Waals surface area (Å²) < 4.78 is 20.8. The summed E-state index contributed by atoms with van der Waals surface area (Å²) in [7, 11) is 1.86. The topological polar surface area (TPSA) is 27.1 Å². The Kier molecular flexibility index (Phi) is 6.22. The maximum atomic E-state index is 13.5. The molecule has 2 aromatic rings. The first-order valence-corrected chi connectivity index (χ1v) is 6.97. The fourth-order valence-corrected chi connectivity index (χ4v) is 1.75. The van der Waals surface area contributed by atoms with Crippen molar-refractivity contribution in [2.45, 2.75) is 40.2 Å². The number of nitrogens with zero attached hydrogens (tertiary/aromatic N) is 2. The van der Waals surface area contributed by atoms with Gasteiger partial charge >= 0.3 is 0 Å². The van der Waals surface area contributed by atoms with Crippen LogP contribution in [0, 0.1) is 5.82 Å². The zero-order chi connectivity index (χ0) is 15.1. The molecule has 1 aromatic carbocycles. The number of hydrogen-bond donors (Lipinski definition) is 0. The van der Waals surface area contributed by atoms with Gasteiger partial charge in [-0.05, 0) is 35.7 Å². The molecule has 0 fully saturated rings. The molecule has 3 nitrogen and oxygen atoms in total. The number of benzene rings is 1. The molecule has 0 unspecified atom stereocenters. The molecule has 110 valence electrons. The predicted molar refractivity (Wildman–Crippen MR) is 79.4 cm³/mol. The maximum absolute atomic E-state index is 13.5. The number of hydrogen-bond acceptors (Lipinski definition) is 2. The molecular weight excluding hydrogens is 255 g/mol. The van der Waals surface area contributed by atoms with E-state index in [-0.39, 0.29) is 11.7 Å². The van der Waals surface area contributed by atoms with E-state index < -0.39 is 0 Å². The highest BCUT2D eigenvalue weighted by molar-refractivity contribution is 5.31. The minimum Gasteiger partial charge on any atom is -0.487 e. The number of ether oxygens (including phenoxy) is 1. The Labute approximate surface area is 120 Å². The molecule has 2 rings (SSSR count). The van der Waals surface area contributed by atoms with Gasteiger partial charge in [0.1, 0.15) is 18.2 Å². The van der Waals surface area contributed by atoms with E-state index in [9.17, 15) is 4.39 Å². The van der Waals surface area contributed by atoms with Crippen LogP contribution in [-0.2, 0) is 13.7 Å². The lowest BCUT2D eigenvalue weighted by atomic mass is 10.0. The van der Waals surface area contributed by atoms with E-state index >= 15 is 0 Å². The van der Waals surface area contributed by atoms with Crippen LogP contribution in [0.4, 0.5) is 4.39 Å². The SMILES string of the molecule is CC.CC(C)c1cc(OCc2ccn(C)n2)ccc1F. The molecule has 0 bridgehead atoms. The van der Waals surface area contributed by atoms with Crippen molar-refractivity contribution >= 4 is 0 Å². The molecule has 0 atom stereocenters. The van der Waals surface area contributed by atoms with Gasteiger partial charge in [-0.1, -0.05) is 27.7 Å². The number of halogens is 1. The summed E-state index contributed by atoms with van der Waals surface area (Å²) in [5, 5.41) is 4.22. The monoisotopic (exact) mass is 278 g/mol. The van der Waals surface area contributed by atoms with Crippen molar-refractivity contribution in [1.82, 2.24) is 9.78 Å². The van der Waals surface area contributed by atoms with Gasteiger partial charge < -0.3 is 4.74 Å². The smallest absolute Gasteiger partial charge is 0.132 e.